The van der Waals surface area contributed by atoms with Crippen LogP contribution in [-0.2, 0) is 10.2 Å². The predicted octanol–water partition coefficient (Wildman–Crippen LogP) is 4.84. The lowest BCUT2D eigenvalue weighted by molar-refractivity contribution is 0.0299. The summed E-state index contributed by atoms with van der Waals surface area (Å²) in [7, 11) is 3.99. The van der Waals surface area contributed by atoms with Gasteiger partial charge in [-0.15, -0.1) is 0 Å². The molecule has 3 aromatic rings. The lowest BCUT2D eigenvalue weighted by atomic mass is 9.87. The average Bonchev–Trinajstić information content (AvgIpc) is 3.24. The number of hydrogen-bond acceptors (Lipinski definition) is 5. The highest BCUT2D eigenvalue weighted by molar-refractivity contribution is 5.98. The van der Waals surface area contributed by atoms with Crippen molar-refractivity contribution < 1.29 is 13.9 Å². The van der Waals surface area contributed by atoms with E-state index < -0.39 is 0 Å². The molecule has 2 aromatic carbocycles. The van der Waals surface area contributed by atoms with Gasteiger partial charge in [0.15, 0.2) is 11.5 Å². The van der Waals surface area contributed by atoms with Gasteiger partial charge in [-0.3, -0.25) is 4.79 Å². The molecule has 0 radical (unpaired) electrons. The van der Waals surface area contributed by atoms with Gasteiger partial charge in [-0.2, -0.15) is 0 Å². The van der Waals surface area contributed by atoms with Gasteiger partial charge in [0.05, 0.1) is 13.2 Å². The van der Waals surface area contributed by atoms with E-state index in [2.05, 4.69) is 37.9 Å². The van der Waals surface area contributed by atoms with Gasteiger partial charge in [-0.1, -0.05) is 32.9 Å². The Hall–Kier alpha value is -3.12. The molecule has 0 aliphatic carbocycles. The molecule has 0 bridgehead atoms. The smallest absolute Gasteiger partial charge is 0.276 e. The summed E-state index contributed by atoms with van der Waals surface area (Å²) in [5.41, 5.74) is 4.40. The molecule has 1 saturated heterocycles. The van der Waals surface area contributed by atoms with Gasteiger partial charge in [-0.25, -0.2) is 4.98 Å². The van der Waals surface area contributed by atoms with Crippen LogP contribution in [0, 0.1) is 0 Å². The van der Waals surface area contributed by atoms with E-state index in [9.17, 15) is 4.79 Å². The maximum atomic E-state index is 13.3. The van der Waals surface area contributed by atoms with E-state index in [4.69, 9.17) is 9.15 Å². The Kier molecular flexibility index (Phi) is 6.07. The molecule has 0 N–H and O–H groups in total. The zero-order chi connectivity index (χ0) is 22.9. The molecule has 1 aliphatic heterocycles. The fourth-order valence-corrected chi connectivity index (χ4v) is 3.72. The first-order chi connectivity index (χ1) is 15.2. The average molecular weight is 434 g/mol. The van der Waals surface area contributed by atoms with E-state index in [1.165, 1.54) is 5.56 Å². The molecular weight excluding hydrogens is 402 g/mol. The Morgan fingerprint density at radius 3 is 2.09 bits per heavy atom. The molecule has 168 valence electrons. The van der Waals surface area contributed by atoms with Gasteiger partial charge in [0, 0.05) is 44.0 Å². The van der Waals surface area contributed by atoms with Crippen LogP contribution in [0.2, 0.25) is 0 Å². The van der Waals surface area contributed by atoms with E-state index in [1.54, 1.807) is 4.90 Å². The summed E-state index contributed by atoms with van der Waals surface area (Å²) in [5, 5.41) is 0. The molecule has 0 spiro atoms. The number of carbonyl (C=O) groups is 1. The standard InChI is InChI=1S/C26H31N3O3/c1-26(2,3)20-10-6-19(7-11-20)24-27-22(25(30)29-14-16-31-17-15-29)23(32-24)18-8-12-21(13-9-18)28(4)5/h6-13H,14-17H2,1-5H3. The number of anilines is 1. The van der Waals surface area contributed by atoms with Crippen molar-refractivity contribution in [3.63, 3.8) is 0 Å². The molecule has 2 heterocycles. The number of rotatable bonds is 4. The highest BCUT2D eigenvalue weighted by Gasteiger charge is 2.27. The van der Waals surface area contributed by atoms with Crippen molar-refractivity contribution in [3.8, 4) is 22.8 Å². The van der Waals surface area contributed by atoms with E-state index >= 15 is 0 Å². The summed E-state index contributed by atoms with van der Waals surface area (Å²) in [4.78, 5) is 21.8. The molecular formula is C26H31N3O3. The lowest BCUT2D eigenvalue weighted by Gasteiger charge is -2.26. The third-order valence-corrected chi connectivity index (χ3v) is 5.77. The first kappa shape index (κ1) is 22.1. The van der Waals surface area contributed by atoms with Crippen molar-refractivity contribution in [2.45, 2.75) is 26.2 Å². The maximum absolute atomic E-state index is 13.3. The number of ether oxygens (including phenoxy) is 1. The molecule has 1 aromatic heterocycles. The number of oxazole rings is 1. The first-order valence-corrected chi connectivity index (χ1v) is 11.0. The number of aromatic nitrogens is 1. The molecule has 1 amide bonds. The zero-order valence-corrected chi connectivity index (χ0v) is 19.5. The number of morpholine rings is 1. The largest absolute Gasteiger partial charge is 0.435 e. The topological polar surface area (TPSA) is 58.8 Å². The Labute approximate surface area is 189 Å². The minimum absolute atomic E-state index is 0.0614. The number of hydrogen-bond donors (Lipinski definition) is 0. The zero-order valence-electron chi connectivity index (χ0n) is 19.5. The van der Waals surface area contributed by atoms with Crippen molar-refractivity contribution in [1.29, 1.82) is 0 Å². The van der Waals surface area contributed by atoms with Gasteiger partial charge in [-0.05, 0) is 47.4 Å². The lowest BCUT2D eigenvalue weighted by Crippen LogP contribution is -2.41. The van der Waals surface area contributed by atoms with E-state index in [1.807, 2.05) is 55.4 Å². The second-order valence-electron chi connectivity index (χ2n) is 9.37. The van der Waals surface area contributed by atoms with Crippen molar-refractivity contribution in [2.24, 2.45) is 0 Å². The molecule has 6 nitrogen and oxygen atoms in total. The number of benzene rings is 2. The van der Waals surface area contributed by atoms with Crippen molar-refractivity contribution >= 4 is 11.6 Å². The molecule has 1 aliphatic rings. The quantitative estimate of drug-likeness (QED) is 0.589. The second kappa shape index (κ2) is 8.79. The molecule has 0 unspecified atom stereocenters. The fourth-order valence-electron chi connectivity index (χ4n) is 3.72. The van der Waals surface area contributed by atoms with Crippen LogP contribution in [0.15, 0.2) is 52.9 Å². The van der Waals surface area contributed by atoms with Crippen molar-refractivity contribution in [3.05, 3.63) is 59.8 Å². The summed E-state index contributed by atoms with van der Waals surface area (Å²) < 4.78 is 11.6. The van der Waals surface area contributed by atoms with Gasteiger partial charge in [0.2, 0.25) is 5.89 Å². The van der Waals surface area contributed by atoms with Crippen LogP contribution in [0.4, 0.5) is 5.69 Å². The molecule has 4 rings (SSSR count). The summed E-state index contributed by atoms with van der Waals surface area (Å²) in [6, 6.07) is 16.2. The normalized spacial score (nSPS) is 14.5. The van der Waals surface area contributed by atoms with Gasteiger partial charge in [0.25, 0.3) is 5.91 Å². The minimum Gasteiger partial charge on any atom is -0.435 e. The molecule has 32 heavy (non-hydrogen) atoms. The maximum Gasteiger partial charge on any atom is 0.276 e. The van der Waals surface area contributed by atoms with Gasteiger partial charge >= 0.3 is 0 Å². The monoisotopic (exact) mass is 433 g/mol. The van der Waals surface area contributed by atoms with E-state index in [0.29, 0.717) is 43.6 Å². The number of carbonyl (C=O) groups excluding carboxylic acids is 1. The molecule has 0 saturated carbocycles. The Morgan fingerprint density at radius 1 is 0.938 bits per heavy atom. The third kappa shape index (κ3) is 4.55. The van der Waals surface area contributed by atoms with Gasteiger partial charge in [0.1, 0.15) is 0 Å². The highest BCUT2D eigenvalue weighted by atomic mass is 16.5. The van der Waals surface area contributed by atoms with Crippen LogP contribution in [0.3, 0.4) is 0 Å². The van der Waals surface area contributed by atoms with Crippen molar-refractivity contribution in [1.82, 2.24) is 9.88 Å². The molecule has 1 fully saturated rings. The SMILES string of the molecule is CN(C)c1ccc(-c2oc(-c3ccc(C(C)(C)C)cc3)nc2C(=O)N2CCOCC2)cc1. The molecule has 0 atom stereocenters. The number of amides is 1. The van der Waals surface area contributed by atoms with Crippen LogP contribution in [0.5, 0.6) is 0 Å². The van der Waals surface area contributed by atoms with E-state index in [-0.39, 0.29) is 11.3 Å². The Bertz CT molecular complexity index is 1070. The predicted molar refractivity (Wildman–Crippen MR) is 127 cm³/mol. The highest BCUT2D eigenvalue weighted by Crippen LogP contribution is 2.33. The van der Waals surface area contributed by atoms with Crippen LogP contribution < -0.4 is 4.90 Å². The summed E-state index contributed by atoms with van der Waals surface area (Å²) in [6.07, 6.45) is 0. The van der Waals surface area contributed by atoms with Crippen LogP contribution in [0.1, 0.15) is 36.8 Å². The van der Waals surface area contributed by atoms with Crippen LogP contribution >= 0.6 is 0 Å². The number of nitrogens with zero attached hydrogens (tertiary/aromatic N) is 3. The van der Waals surface area contributed by atoms with Gasteiger partial charge < -0.3 is 19.0 Å². The Morgan fingerprint density at radius 2 is 1.53 bits per heavy atom. The van der Waals surface area contributed by atoms with Crippen LogP contribution in [0.25, 0.3) is 22.8 Å². The molecule has 6 heteroatoms. The second-order valence-corrected chi connectivity index (χ2v) is 9.37. The summed E-state index contributed by atoms with van der Waals surface area (Å²) in [6.45, 7) is 8.74. The van der Waals surface area contributed by atoms with E-state index in [0.717, 1.165) is 16.8 Å². The van der Waals surface area contributed by atoms with Crippen LogP contribution in [-0.4, -0.2) is 56.2 Å². The summed E-state index contributed by atoms with van der Waals surface area (Å²) >= 11 is 0. The van der Waals surface area contributed by atoms with Crippen molar-refractivity contribution in [2.75, 3.05) is 45.3 Å². The summed E-state index contributed by atoms with van der Waals surface area (Å²) in [5.74, 6) is 0.830. The first-order valence-electron chi connectivity index (χ1n) is 11.0. The Balaban J connectivity index is 1.75. The third-order valence-electron chi connectivity index (χ3n) is 5.77. The fraction of sp³-hybridized carbons (Fsp3) is 0.385. The minimum atomic E-state index is -0.124.